The molecule has 0 amide bonds. The molecule has 1 aromatic heterocycles. The molecule has 0 aliphatic carbocycles. The van der Waals surface area contributed by atoms with Crippen LogP contribution in [0.1, 0.15) is 13.8 Å². The van der Waals surface area contributed by atoms with Crippen LogP contribution in [-0.2, 0) is 10.0 Å². The average molecular weight is 275 g/mol. The molecule has 0 radical (unpaired) electrons. The highest BCUT2D eigenvalue weighted by Crippen LogP contribution is 2.18. The van der Waals surface area contributed by atoms with E-state index in [1.807, 2.05) is 13.8 Å². The number of nitrogens with zero attached hydrogens (tertiary/aromatic N) is 2. The van der Waals surface area contributed by atoms with Gasteiger partial charge in [0.15, 0.2) is 0 Å². The highest BCUT2D eigenvalue weighted by atomic mass is 35.5. The van der Waals surface area contributed by atoms with Gasteiger partial charge in [0.05, 0.1) is 0 Å². The van der Waals surface area contributed by atoms with Gasteiger partial charge in [-0.1, -0.05) is 17.7 Å². The SMILES string of the molecule is C=CCN(C(C)C)S(=O)(=O)c1ccc(Cl)nc1. The van der Waals surface area contributed by atoms with Crippen molar-refractivity contribution in [1.82, 2.24) is 9.29 Å². The van der Waals surface area contributed by atoms with Crippen LogP contribution in [0.3, 0.4) is 0 Å². The molecule has 4 nitrogen and oxygen atoms in total. The van der Waals surface area contributed by atoms with Gasteiger partial charge in [-0.15, -0.1) is 6.58 Å². The Kier molecular flexibility index (Phi) is 4.68. The molecule has 17 heavy (non-hydrogen) atoms. The minimum atomic E-state index is -3.54. The zero-order valence-electron chi connectivity index (χ0n) is 9.80. The van der Waals surface area contributed by atoms with E-state index in [0.717, 1.165) is 0 Å². The van der Waals surface area contributed by atoms with Crippen LogP contribution >= 0.6 is 11.6 Å². The monoisotopic (exact) mass is 274 g/mol. The van der Waals surface area contributed by atoms with E-state index in [0.29, 0.717) is 0 Å². The molecule has 1 rings (SSSR count). The highest BCUT2D eigenvalue weighted by molar-refractivity contribution is 7.89. The average Bonchev–Trinajstić information content (AvgIpc) is 2.25. The van der Waals surface area contributed by atoms with E-state index in [9.17, 15) is 8.42 Å². The van der Waals surface area contributed by atoms with E-state index in [1.54, 1.807) is 6.08 Å². The van der Waals surface area contributed by atoms with E-state index in [-0.39, 0.29) is 22.6 Å². The minimum Gasteiger partial charge on any atom is -0.243 e. The Morgan fingerprint density at radius 1 is 1.53 bits per heavy atom. The molecule has 0 N–H and O–H groups in total. The lowest BCUT2D eigenvalue weighted by Crippen LogP contribution is -2.37. The lowest BCUT2D eigenvalue weighted by molar-refractivity contribution is 0.382. The van der Waals surface area contributed by atoms with Crippen LogP contribution in [0.5, 0.6) is 0 Å². The van der Waals surface area contributed by atoms with Crippen molar-refractivity contribution in [2.45, 2.75) is 24.8 Å². The van der Waals surface area contributed by atoms with Gasteiger partial charge < -0.3 is 0 Å². The van der Waals surface area contributed by atoms with E-state index in [2.05, 4.69) is 11.6 Å². The topological polar surface area (TPSA) is 50.3 Å². The summed E-state index contributed by atoms with van der Waals surface area (Å²) in [5, 5.41) is 0.267. The zero-order chi connectivity index (χ0) is 13.1. The Balaban J connectivity index is 3.16. The molecule has 0 aromatic carbocycles. The molecule has 94 valence electrons. The molecule has 0 spiro atoms. The van der Waals surface area contributed by atoms with E-state index in [4.69, 9.17) is 11.6 Å². The summed E-state index contributed by atoms with van der Waals surface area (Å²) in [6, 6.07) is 2.76. The van der Waals surface area contributed by atoms with Gasteiger partial charge in [-0.25, -0.2) is 13.4 Å². The molecule has 0 saturated heterocycles. The molecule has 0 atom stereocenters. The first-order valence-corrected chi connectivity index (χ1v) is 6.95. The standard InChI is InChI=1S/C11H15ClN2O2S/c1-4-7-14(9(2)3)17(15,16)10-5-6-11(12)13-8-10/h4-6,8-9H,1,7H2,2-3H3. The van der Waals surface area contributed by atoms with Gasteiger partial charge in [0.1, 0.15) is 10.0 Å². The molecular weight excluding hydrogens is 260 g/mol. The molecule has 0 aliphatic heterocycles. The Hall–Kier alpha value is -0.910. The second-order valence-corrected chi connectivity index (χ2v) is 6.05. The summed E-state index contributed by atoms with van der Waals surface area (Å²) in [5.74, 6) is 0. The van der Waals surface area contributed by atoms with Crippen molar-refractivity contribution in [3.63, 3.8) is 0 Å². The molecule has 1 aromatic rings. The Morgan fingerprint density at radius 2 is 2.18 bits per heavy atom. The fourth-order valence-electron chi connectivity index (χ4n) is 1.36. The first kappa shape index (κ1) is 14.2. The fraction of sp³-hybridized carbons (Fsp3) is 0.364. The number of hydrogen-bond donors (Lipinski definition) is 0. The predicted molar refractivity (Wildman–Crippen MR) is 68.5 cm³/mol. The van der Waals surface area contributed by atoms with E-state index in [1.165, 1.54) is 22.6 Å². The van der Waals surface area contributed by atoms with Crippen molar-refractivity contribution in [2.75, 3.05) is 6.54 Å². The number of rotatable bonds is 5. The van der Waals surface area contributed by atoms with Gasteiger partial charge >= 0.3 is 0 Å². The first-order valence-electron chi connectivity index (χ1n) is 5.14. The van der Waals surface area contributed by atoms with Crippen molar-refractivity contribution in [3.05, 3.63) is 36.1 Å². The normalized spacial score (nSPS) is 12.1. The molecule has 0 fully saturated rings. The summed E-state index contributed by atoms with van der Waals surface area (Å²) < 4.78 is 25.9. The lowest BCUT2D eigenvalue weighted by Gasteiger charge is -2.24. The van der Waals surface area contributed by atoms with Crippen molar-refractivity contribution in [3.8, 4) is 0 Å². The van der Waals surface area contributed by atoms with Crippen LogP contribution in [-0.4, -0.2) is 30.3 Å². The summed E-state index contributed by atoms with van der Waals surface area (Å²) in [4.78, 5) is 3.92. The number of hydrogen-bond acceptors (Lipinski definition) is 3. The van der Waals surface area contributed by atoms with Crippen molar-refractivity contribution < 1.29 is 8.42 Å². The smallest absolute Gasteiger partial charge is 0.243 e. The number of sulfonamides is 1. The molecule has 0 saturated carbocycles. The predicted octanol–water partition coefficient (Wildman–Crippen LogP) is 2.32. The highest BCUT2D eigenvalue weighted by Gasteiger charge is 2.25. The third-order valence-corrected chi connectivity index (χ3v) is 4.44. The molecular formula is C11H15ClN2O2S. The lowest BCUT2D eigenvalue weighted by atomic mass is 10.4. The number of halogens is 1. The molecule has 0 unspecified atom stereocenters. The Bertz CT molecular complexity index is 483. The summed E-state index contributed by atoms with van der Waals surface area (Å²) in [6.45, 7) is 7.45. The van der Waals surface area contributed by atoms with Crippen molar-refractivity contribution in [2.24, 2.45) is 0 Å². The summed E-state index contributed by atoms with van der Waals surface area (Å²) in [5.41, 5.74) is 0. The maximum absolute atomic E-state index is 12.3. The second kappa shape index (κ2) is 5.62. The van der Waals surface area contributed by atoms with Gasteiger partial charge in [0, 0.05) is 18.8 Å². The van der Waals surface area contributed by atoms with Crippen LogP contribution in [0.2, 0.25) is 5.15 Å². The maximum Gasteiger partial charge on any atom is 0.245 e. The second-order valence-electron chi connectivity index (χ2n) is 3.77. The van der Waals surface area contributed by atoms with Crippen LogP contribution < -0.4 is 0 Å². The maximum atomic E-state index is 12.3. The van der Waals surface area contributed by atoms with E-state index >= 15 is 0 Å². The van der Waals surface area contributed by atoms with Gasteiger partial charge in [-0.2, -0.15) is 4.31 Å². The van der Waals surface area contributed by atoms with Gasteiger partial charge in [-0.3, -0.25) is 0 Å². The third kappa shape index (κ3) is 3.28. The van der Waals surface area contributed by atoms with Crippen LogP contribution in [0.25, 0.3) is 0 Å². The minimum absolute atomic E-state index is 0.137. The number of aromatic nitrogens is 1. The fourth-order valence-corrected chi connectivity index (χ4v) is 3.03. The number of pyridine rings is 1. The summed E-state index contributed by atoms with van der Waals surface area (Å²) in [6.07, 6.45) is 2.82. The molecule has 1 heterocycles. The molecule has 0 aliphatic rings. The van der Waals surface area contributed by atoms with Crippen LogP contribution in [0.15, 0.2) is 35.9 Å². The van der Waals surface area contributed by atoms with E-state index < -0.39 is 10.0 Å². The first-order chi connectivity index (χ1) is 7.89. The van der Waals surface area contributed by atoms with Crippen LogP contribution in [0.4, 0.5) is 0 Å². The molecule has 6 heteroatoms. The van der Waals surface area contributed by atoms with Gasteiger partial charge in [0.2, 0.25) is 10.0 Å². The van der Waals surface area contributed by atoms with Crippen molar-refractivity contribution in [1.29, 1.82) is 0 Å². The Labute approximate surface area is 107 Å². The zero-order valence-corrected chi connectivity index (χ0v) is 11.4. The van der Waals surface area contributed by atoms with Crippen LogP contribution in [0, 0.1) is 0 Å². The Morgan fingerprint density at radius 3 is 2.59 bits per heavy atom. The summed E-state index contributed by atoms with van der Waals surface area (Å²) >= 11 is 5.63. The third-order valence-electron chi connectivity index (χ3n) is 2.19. The van der Waals surface area contributed by atoms with Gasteiger partial charge in [0.25, 0.3) is 0 Å². The summed E-state index contributed by atoms with van der Waals surface area (Å²) in [7, 11) is -3.54. The largest absolute Gasteiger partial charge is 0.245 e. The quantitative estimate of drug-likeness (QED) is 0.612. The van der Waals surface area contributed by atoms with Crippen molar-refractivity contribution >= 4 is 21.6 Å². The molecule has 0 bridgehead atoms. The van der Waals surface area contributed by atoms with Gasteiger partial charge in [-0.05, 0) is 26.0 Å².